The van der Waals surface area contributed by atoms with Crippen LogP contribution in [-0.2, 0) is 20.9 Å². The lowest BCUT2D eigenvalue weighted by molar-refractivity contribution is -0.117. The van der Waals surface area contributed by atoms with E-state index in [2.05, 4.69) is 0 Å². The highest BCUT2D eigenvalue weighted by Crippen LogP contribution is 2.38. The second-order valence-electron chi connectivity index (χ2n) is 12.4. The molecule has 1 saturated heterocycles. The Bertz CT molecular complexity index is 1430. The van der Waals surface area contributed by atoms with E-state index in [-0.39, 0.29) is 23.9 Å². The van der Waals surface area contributed by atoms with Crippen LogP contribution in [0.2, 0.25) is 0 Å². The monoisotopic (exact) mass is 588 g/mol. The Hall–Kier alpha value is -4.53. The predicted octanol–water partition coefficient (Wildman–Crippen LogP) is 7.47. The number of methoxy groups -OCH3 is 1. The lowest BCUT2D eigenvalue weighted by Crippen LogP contribution is -2.43. The molecular weight excluding hydrogens is 548 g/mol. The molecule has 1 atom stereocenters. The van der Waals surface area contributed by atoms with Crippen molar-refractivity contribution in [1.29, 1.82) is 0 Å². The first kappa shape index (κ1) is 31.4. The van der Waals surface area contributed by atoms with Crippen molar-refractivity contribution in [2.24, 2.45) is 0 Å². The molecule has 0 aromatic heterocycles. The van der Waals surface area contributed by atoms with E-state index in [1.165, 1.54) is 0 Å². The van der Waals surface area contributed by atoms with Gasteiger partial charge in [-0.2, -0.15) is 4.90 Å². The average Bonchev–Trinajstić information content (AvgIpc) is 3.32. The van der Waals surface area contributed by atoms with Crippen molar-refractivity contribution in [2.45, 2.75) is 71.7 Å². The van der Waals surface area contributed by atoms with Gasteiger partial charge >= 0.3 is 12.2 Å². The first-order valence-electron chi connectivity index (χ1n) is 14.3. The lowest BCUT2D eigenvalue weighted by atomic mass is 9.98. The summed E-state index contributed by atoms with van der Waals surface area (Å²) in [4.78, 5) is 42.1. The van der Waals surface area contributed by atoms with E-state index in [0.717, 1.165) is 16.0 Å². The molecule has 228 valence electrons. The Morgan fingerprint density at radius 1 is 0.837 bits per heavy atom. The topological polar surface area (TPSA) is 94.6 Å². The van der Waals surface area contributed by atoms with E-state index in [0.29, 0.717) is 30.3 Å². The minimum Gasteiger partial charge on any atom is -0.493 e. The van der Waals surface area contributed by atoms with Crippen LogP contribution < -0.4 is 19.3 Å². The van der Waals surface area contributed by atoms with Gasteiger partial charge in [0.25, 0.3) is 0 Å². The van der Waals surface area contributed by atoms with E-state index in [9.17, 15) is 14.4 Å². The second kappa shape index (κ2) is 12.8. The van der Waals surface area contributed by atoms with E-state index in [4.69, 9.17) is 18.9 Å². The standard InChI is InChI=1S/C34H40N2O7/c1-33(2,3)42-31(38)36(32(39)43-34(4,5)6)27-15-11-14-26(20-27)35-21-25(19-30(35)37)24-16-17-28(40-7)29(18-24)41-22-23-12-9-8-10-13-23/h8-18,20,25H,19,21-22H2,1-7H3. The Balaban J connectivity index is 1.57. The zero-order chi connectivity index (χ0) is 31.4. The number of imide groups is 1. The van der Waals surface area contributed by atoms with Crippen LogP contribution in [-0.4, -0.2) is 43.0 Å². The van der Waals surface area contributed by atoms with Crippen molar-refractivity contribution in [1.82, 2.24) is 0 Å². The van der Waals surface area contributed by atoms with Crippen LogP contribution >= 0.6 is 0 Å². The first-order chi connectivity index (χ1) is 20.2. The summed E-state index contributed by atoms with van der Waals surface area (Å²) in [7, 11) is 1.59. The van der Waals surface area contributed by atoms with Gasteiger partial charge in [-0.3, -0.25) is 4.79 Å². The first-order valence-corrected chi connectivity index (χ1v) is 14.3. The van der Waals surface area contributed by atoms with Gasteiger partial charge in [0.1, 0.15) is 17.8 Å². The minimum absolute atomic E-state index is 0.0780. The fourth-order valence-electron chi connectivity index (χ4n) is 4.68. The number of nitrogens with zero attached hydrogens (tertiary/aromatic N) is 2. The number of carbonyl (C=O) groups excluding carboxylic acids is 3. The largest absolute Gasteiger partial charge is 0.493 e. The normalized spacial score (nSPS) is 15.2. The molecule has 1 unspecified atom stereocenters. The van der Waals surface area contributed by atoms with Crippen molar-refractivity contribution < 1.29 is 33.3 Å². The summed E-state index contributed by atoms with van der Waals surface area (Å²) in [6.07, 6.45) is -1.45. The van der Waals surface area contributed by atoms with Crippen LogP contribution in [0.25, 0.3) is 0 Å². The van der Waals surface area contributed by atoms with Crippen LogP contribution in [0.5, 0.6) is 11.5 Å². The fourth-order valence-corrected chi connectivity index (χ4v) is 4.68. The number of rotatable bonds is 7. The molecule has 0 bridgehead atoms. The Morgan fingerprint density at radius 3 is 2.09 bits per heavy atom. The van der Waals surface area contributed by atoms with Gasteiger partial charge in [0.15, 0.2) is 11.5 Å². The molecule has 43 heavy (non-hydrogen) atoms. The number of anilines is 2. The van der Waals surface area contributed by atoms with Crippen LogP contribution in [0.4, 0.5) is 21.0 Å². The third kappa shape index (κ3) is 8.28. The van der Waals surface area contributed by atoms with Gasteiger partial charge < -0.3 is 23.8 Å². The highest BCUT2D eigenvalue weighted by atomic mass is 16.6. The Kier molecular flexibility index (Phi) is 9.33. The Morgan fingerprint density at radius 2 is 1.49 bits per heavy atom. The number of benzene rings is 3. The molecule has 3 aromatic rings. The maximum absolute atomic E-state index is 13.3. The van der Waals surface area contributed by atoms with Gasteiger partial charge in [-0.25, -0.2) is 9.59 Å². The highest BCUT2D eigenvalue weighted by Gasteiger charge is 2.35. The number of hydrogen-bond donors (Lipinski definition) is 0. The van der Waals surface area contributed by atoms with E-state index < -0.39 is 23.4 Å². The SMILES string of the molecule is COc1ccc(C2CC(=O)N(c3cccc(N(C(=O)OC(C)(C)C)C(=O)OC(C)(C)C)c3)C2)cc1OCc1ccccc1. The molecular formula is C34H40N2O7. The Labute approximate surface area is 253 Å². The van der Waals surface area contributed by atoms with E-state index in [1.807, 2.05) is 48.5 Å². The number of hydrogen-bond acceptors (Lipinski definition) is 7. The van der Waals surface area contributed by atoms with Crippen molar-refractivity contribution in [2.75, 3.05) is 23.5 Å². The van der Waals surface area contributed by atoms with Crippen LogP contribution in [0, 0.1) is 0 Å². The number of amides is 3. The highest BCUT2D eigenvalue weighted by molar-refractivity contribution is 6.10. The molecule has 0 radical (unpaired) electrons. The zero-order valence-corrected chi connectivity index (χ0v) is 25.9. The summed E-state index contributed by atoms with van der Waals surface area (Å²) in [5.74, 6) is 1.03. The van der Waals surface area contributed by atoms with E-state index in [1.54, 1.807) is 77.8 Å². The molecule has 1 aliphatic heterocycles. The molecule has 3 aromatic carbocycles. The van der Waals surface area contributed by atoms with Gasteiger partial charge in [0.05, 0.1) is 12.8 Å². The summed E-state index contributed by atoms with van der Waals surface area (Å²) in [5.41, 5.74) is 1.09. The quantitative estimate of drug-likeness (QED) is 0.283. The maximum Gasteiger partial charge on any atom is 0.424 e. The number of ether oxygens (including phenoxy) is 4. The molecule has 9 heteroatoms. The van der Waals surface area contributed by atoms with Crippen LogP contribution in [0.3, 0.4) is 0 Å². The molecule has 0 N–H and O–H groups in total. The van der Waals surface area contributed by atoms with Crippen LogP contribution in [0.15, 0.2) is 72.8 Å². The summed E-state index contributed by atoms with van der Waals surface area (Å²) < 4.78 is 22.6. The molecule has 0 spiro atoms. The smallest absolute Gasteiger partial charge is 0.424 e. The van der Waals surface area contributed by atoms with Crippen LogP contribution in [0.1, 0.15) is 65.0 Å². The molecule has 0 saturated carbocycles. The summed E-state index contributed by atoms with van der Waals surface area (Å²) in [6, 6.07) is 22.3. The molecule has 1 fully saturated rings. The van der Waals surface area contributed by atoms with E-state index >= 15 is 0 Å². The molecule has 1 aliphatic rings. The summed E-state index contributed by atoms with van der Waals surface area (Å²) in [5, 5.41) is 0. The fraction of sp³-hybridized carbons (Fsp3) is 0.382. The molecule has 1 heterocycles. The second-order valence-corrected chi connectivity index (χ2v) is 12.4. The summed E-state index contributed by atoms with van der Waals surface area (Å²) in [6.45, 7) is 11.1. The maximum atomic E-state index is 13.3. The third-order valence-corrected chi connectivity index (χ3v) is 6.57. The lowest BCUT2D eigenvalue weighted by Gasteiger charge is -2.29. The minimum atomic E-state index is -0.870. The van der Waals surface area contributed by atoms with Gasteiger partial charge in [-0.1, -0.05) is 42.5 Å². The predicted molar refractivity (Wildman–Crippen MR) is 165 cm³/mol. The number of carbonyl (C=O) groups is 3. The van der Waals surface area contributed by atoms with Gasteiger partial charge in [-0.15, -0.1) is 0 Å². The van der Waals surface area contributed by atoms with Gasteiger partial charge in [-0.05, 0) is 83.0 Å². The molecule has 0 aliphatic carbocycles. The third-order valence-electron chi connectivity index (χ3n) is 6.57. The molecule has 9 nitrogen and oxygen atoms in total. The van der Waals surface area contributed by atoms with Gasteiger partial charge in [0.2, 0.25) is 5.91 Å². The van der Waals surface area contributed by atoms with Crippen molar-refractivity contribution in [3.8, 4) is 11.5 Å². The van der Waals surface area contributed by atoms with Crippen molar-refractivity contribution in [3.63, 3.8) is 0 Å². The average molecular weight is 589 g/mol. The van der Waals surface area contributed by atoms with Crippen molar-refractivity contribution >= 4 is 29.5 Å². The van der Waals surface area contributed by atoms with Gasteiger partial charge in [0, 0.05) is 24.6 Å². The zero-order valence-electron chi connectivity index (χ0n) is 25.9. The molecule has 3 amide bonds. The molecule has 4 rings (SSSR count). The summed E-state index contributed by atoms with van der Waals surface area (Å²) >= 11 is 0. The van der Waals surface area contributed by atoms with Crippen molar-refractivity contribution in [3.05, 3.63) is 83.9 Å².